The zero-order valence-corrected chi connectivity index (χ0v) is 18.7. The molecule has 1 amide bonds. The van der Waals surface area contributed by atoms with Crippen LogP contribution < -0.4 is 10.1 Å². The lowest BCUT2D eigenvalue weighted by molar-refractivity contribution is -0.122. The lowest BCUT2D eigenvalue weighted by Crippen LogP contribution is -2.40. The zero-order valence-electron chi connectivity index (χ0n) is 17.1. The van der Waals surface area contributed by atoms with E-state index in [0.29, 0.717) is 42.8 Å². The number of benzene rings is 2. The van der Waals surface area contributed by atoms with Gasteiger partial charge in [0.25, 0.3) is 5.91 Å². The number of anilines is 1. The average molecular weight is 453 g/mol. The number of ether oxygens (including phenoxy) is 2. The number of morpholine rings is 1. The molecule has 0 aromatic heterocycles. The molecule has 1 heterocycles. The van der Waals surface area contributed by atoms with Crippen LogP contribution in [0.3, 0.4) is 0 Å². The Morgan fingerprint density at radius 3 is 2.27 bits per heavy atom. The fraction of sp³-hybridized carbons (Fsp3) is 0.381. The predicted molar refractivity (Wildman–Crippen MR) is 116 cm³/mol. The second kappa shape index (κ2) is 9.34. The Labute approximate surface area is 182 Å². The number of carbonyl (C=O) groups is 1. The van der Waals surface area contributed by atoms with E-state index < -0.39 is 16.1 Å². The molecule has 1 N–H and O–H groups in total. The van der Waals surface area contributed by atoms with Crippen LogP contribution in [0, 0.1) is 13.8 Å². The molecule has 0 bridgehead atoms. The summed E-state index contributed by atoms with van der Waals surface area (Å²) in [6.45, 7) is 6.83. The van der Waals surface area contributed by atoms with Crippen molar-refractivity contribution in [2.24, 2.45) is 0 Å². The summed E-state index contributed by atoms with van der Waals surface area (Å²) in [4.78, 5) is 12.7. The molecule has 1 aliphatic rings. The lowest BCUT2D eigenvalue weighted by atomic mass is 10.1. The lowest BCUT2D eigenvalue weighted by Gasteiger charge is -2.26. The fourth-order valence-corrected chi connectivity index (χ4v) is 4.64. The van der Waals surface area contributed by atoms with Crippen molar-refractivity contribution in [2.45, 2.75) is 31.8 Å². The Bertz CT molecular complexity index is 995. The molecule has 9 heteroatoms. The first kappa shape index (κ1) is 22.6. The molecule has 0 unspecified atom stereocenters. The molecule has 2 aromatic carbocycles. The fourth-order valence-electron chi connectivity index (χ4n) is 3.12. The van der Waals surface area contributed by atoms with Crippen LogP contribution in [0.15, 0.2) is 41.3 Å². The summed E-state index contributed by atoms with van der Waals surface area (Å²) in [6, 6.07) is 9.66. The monoisotopic (exact) mass is 452 g/mol. The van der Waals surface area contributed by atoms with Gasteiger partial charge in [-0.1, -0.05) is 11.6 Å². The van der Waals surface area contributed by atoms with Gasteiger partial charge >= 0.3 is 0 Å². The van der Waals surface area contributed by atoms with Crippen molar-refractivity contribution in [1.29, 1.82) is 0 Å². The third kappa shape index (κ3) is 5.13. The Morgan fingerprint density at radius 2 is 1.70 bits per heavy atom. The number of sulfonamides is 1. The number of aryl methyl sites for hydroxylation is 2. The van der Waals surface area contributed by atoms with Crippen LogP contribution in [-0.2, 0) is 19.6 Å². The molecule has 1 atom stereocenters. The van der Waals surface area contributed by atoms with Crippen molar-refractivity contribution in [3.63, 3.8) is 0 Å². The highest BCUT2D eigenvalue weighted by molar-refractivity contribution is 7.89. The molecule has 0 saturated carbocycles. The maximum atomic E-state index is 12.7. The minimum absolute atomic E-state index is 0.179. The maximum absolute atomic E-state index is 12.7. The van der Waals surface area contributed by atoms with Crippen LogP contribution in [0.2, 0.25) is 5.02 Å². The van der Waals surface area contributed by atoms with Gasteiger partial charge < -0.3 is 14.8 Å². The molecular formula is C21H25ClN2O5S. The van der Waals surface area contributed by atoms with E-state index in [4.69, 9.17) is 21.1 Å². The smallest absolute Gasteiger partial charge is 0.265 e. The van der Waals surface area contributed by atoms with E-state index in [2.05, 4.69) is 5.32 Å². The summed E-state index contributed by atoms with van der Waals surface area (Å²) in [5, 5.41) is 3.42. The van der Waals surface area contributed by atoms with Gasteiger partial charge in [-0.15, -0.1) is 0 Å². The molecule has 30 heavy (non-hydrogen) atoms. The predicted octanol–water partition coefficient (Wildman–Crippen LogP) is 3.38. The van der Waals surface area contributed by atoms with Gasteiger partial charge in [0.15, 0.2) is 6.10 Å². The number of hydrogen-bond donors (Lipinski definition) is 1. The topological polar surface area (TPSA) is 84.9 Å². The summed E-state index contributed by atoms with van der Waals surface area (Å²) < 4.78 is 37.7. The second-order valence-corrected chi connectivity index (χ2v) is 9.48. The number of hydrogen-bond acceptors (Lipinski definition) is 5. The molecule has 3 rings (SSSR count). The average Bonchev–Trinajstić information content (AvgIpc) is 2.73. The third-order valence-electron chi connectivity index (χ3n) is 4.82. The molecule has 0 spiro atoms. The number of halogens is 1. The van der Waals surface area contributed by atoms with Gasteiger partial charge in [-0.05, 0) is 68.3 Å². The van der Waals surface area contributed by atoms with Crippen molar-refractivity contribution >= 4 is 33.2 Å². The Morgan fingerprint density at radius 1 is 1.13 bits per heavy atom. The first-order valence-electron chi connectivity index (χ1n) is 9.60. The third-order valence-corrected chi connectivity index (χ3v) is 7.33. The van der Waals surface area contributed by atoms with Crippen molar-refractivity contribution in [3.8, 4) is 5.75 Å². The highest BCUT2D eigenvalue weighted by Crippen LogP contribution is 2.26. The van der Waals surface area contributed by atoms with Gasteiger partial charge in [0, 0.05) is 23.8 Å². The van der Waals surface area contributed by atoms with Gasteiger partial charge in [0.2, 0.25) is 10.0 Å². The minimum Gasteiger partial charge on any atom is -0.481 e. The maximum Gasteiger partial charge on any atom is 0.265 e. The molecule has 0 radical (unpaired) electrons. The summed E-state index contributed by atoms with van der Waals surface area (Å²) in [7, 11) is -3.57. The van der Waals surface area contributed by atoms with Crippen LogP contribution >= 0.6 is 11.6 Å². The van der Waals surface area contributed by atoms with E-state index >= 15 is 0 Å². The van der Waals surface area contributed by atoms with Crippen molar-refractivity contribution < 1.29 is 22.7 Å². The van der Waals surface area contributed by atoms with Crippen LogP contribution in [0.1, 0.15) is 18.1 Å². The highest BCUT2D eigenvalue weighted by Gasteiger charge is 2.26. The first-order chi connectivity index (χ1) is 14.2. The van der Waals surface area contributed by atoms with Gasteiger partial charge in [0.05, 0.1) is 18.1 Å². The van der Waals surface area contributed by atoms with Crippen LogP contribution in [-0.4, -0.2) is 51.0 Å². The molecule has 1 saturated heterocycles. The first-order valence-corrected chi connectivity index (χ1v) is 11.4. The largest absolute Gasteiger partial charge is 0.481 e. The molecule has 2 aromatic rings. The number of nitrogens with one attached hydrogen (secondary N) is 1. The van der Waals surface area contributed by atoms with E-state index in [0.717, 1.165) is 11.1 Å². The van der Waals surface area contributed by atoms with E-state index in [1.54, 1.807) is 31.2 Å². The Hall–Kier alpha value is -2.13. The standard InChI is InChI=1S/C21H25ClN2O5S/c1-14-12-18(13-15(2)20(14)22)29-16(3)21(25)23-17-4-6-19(7-5-17)30(26,27)24-8-10-28-11-9-24/h4-7,12-13,16H,8-11H2,1-3H3,(H,23,25)/t16-/m1/s1. The summed E-state index contributed by atoms with van der Waals surface area (Å²) in [5.41, 5.74) is 2.23. The summed E-state index contributed by atoms with van der Waals surface area (Å²) >= 11 is 6.16. The van der Waals surface area contributed by atoms with Crippen LogP contribution in [0.4, 0.5) is 5.69 Å². The number of rotatable bonds is 6. The zero-order chi connectivity index (χ0) is 21.9. The van der Waals surface area contributed by atoms with Gasteiger partial charge in [-0.2, -0.15) is 4.31 Å². The van der Waals surface area contributed by atoms with E-state index in [1.807, 2.05) is 13.8 Å². The summed E-state index contributed by atoms with van der Waals surface area (Å²) in [6.07, 6.45) is -0.748. The number of amides is 1. The van der Waals surface area contributed by atoms with E-state index in [-0.39, 0.29) is 10.8 Å². The Kier molecular flexibility index (Phi) is 7.02. The van der Waals surface area contributed by atoms with Gasteiger partial charge in [-0.3, -0.25) is 4.79 Å². The molecule has 7 nitrogen and oxygen atoms in total. The Balaban J connectivity index is 1.64. The SMILES string of the molecule is Cc1cc(O[C@H](C)C(=O)Nc2ccc(S(=O)(=O)N3CCOCC3)cc2)cc(C)c1Cl. The molecule has 1 aliphatic heterocycles. The highest BCUT2D eigenvalue weighted by atomic mass is 35.5. The van der Waals surface area contributed by atoms with Crippen molar-refractivity contribution in [3.05, 3.63) is 52.5 Å². The van der Waals surface area contributed by atoms with Crippen molar-refractivity contribution in [1.82, 2.24) is 4.31 Å². The van der Waals surface area contributed by atoms with Gasteiger partial charge in [0.1, 0.15) is 5.75 Å². The minimum atomic E-state index is -3.57. The van der Waals surface area contributed by atoms with Crippen molar-refractivity contribution in [2.75, 3.05) is 31.6 Å². The number of carbonyl (C=O) groups excluding carboxylic acids is 1. The molecule has 0 aliphatic carbocycles. The molecule has 162 valence electrons. The van der Waals surface area contributed by atoms with Crippen LogP contribution in [0.25, 0.3) is 0 Å². The van der Waals surface area contributed by atoms with E-state index in [1.165, 1.54) is 16.4 Å². The quantitative estimate of drug-likeness (QED) is 0.726. The van der Waals surface area contributed by atoms with Crippen LogP contribution in [0.5, 0.6) is 5.75 Å². The molecular weight excluding hydrogens is 428 g/mol. The second-order valence-electron chi connectivity index (χ2n) is 7.16. The summed E-state index contributed by atoms with van der Waals surface area (Å²) in [5.74, 6) is 0.216. The normalized spacial score (nSPS) is 16.1. The van der Waals surface area contributed by atoms with Gasteiger partial charge in [-0.25, -0.2) is 8.42 Å². The van der Waals surface area contributed by atoms with E-state index in [9.17, 15) is 13.2 Å². The molecule has 1 fully saturated rings. The number of nitrogens with zero attached hydrogens (tertiary/aromatic N) is 1.